The molecule has 0 aliphatic heterocycles. The molecule has 3 heteroatoms. The molecular weight excluding hydrogens is 575 g/mol. The molecule has 0 amide bonds. The number of hydrogen-bond donors (Lipinski definition) is 0. The van der Waals surface area contributed by atoms with Crippen LogP contribution in [-0.4, -0.2) is 4.31 Å². The van der Waals surface area contributed by atoms with E-state index in [9.17, 15) is 0 Å². The van der Waals surface area contributed by atoms with Gasteiger partial charge in [0.05, 0.1) is 0 Å². The van der Waals surface area contributed by atoms with Crippen molar-refractivity contribution in [2.24, 2.45) is 0 Å². The molecule has 0 saturated heterocycles. The number of fused-ring (bicyclic) bond motifs is 3. The van der Waals surface area contributed by atoms with Gasteiger partial charge in [0.1, 0.15) is 0 Å². The first-order chi connectivity index (χ1) is 19.3. The summed E-state index contributed by atoms with van der Waals surface area (Å²) < 4.78 is 2.00. The first-order valence-electron chi connectivity index (χ1n) is 15.1. The van der Waals surface area contributed by atoms with Gasteiger partial charge < -0.3 is 0 Å². The van der Waals surface area contributed by atoms with Gasteiger partial charge in [-0.1, -0.05) is 62.3 Å². The van der Waals surface area contributed by atoms with E-state index in [1.165, 1.54) is 86.5 Å². The molecule has 0 spiro atoms. The van der Waals surface area contributed by atoms with Gasteiger partial charge in [0.25, 0.3) is 0 Å². The van der Waals surface area contributed by atoms with Gasteiger partial charge in [-0.15, -0.1) is 42.4 Å². The second-order valence-electron chi connectivity index (χ2n) is 10.9. The molecular formula is C38H45Cl2Ti-3. The van der Waals surface area contributed by atoms with Crippen molar-refractivity contribution >= 4 is 29.1 Å². The molecule has 3 aromatic rings. The van der Waals surface area contributed by atoms with Crippen LogP contribution in [0.15, 0.2) is 78.9 Å². The molecule has 218 valence electrons. The second kappa shape index (κ2) is 20.3. The van der Waals surface area contributed by atoms with Gasteiger partial charge in [0, 0.05) is 0 Å². The van der Waals surface area contributed by atoms with Crippen molar-refractivity contribution in [3.05, 3.63) is 119 Å². The summed E-state index contributed by atoms with van der Waals surface area (Å²) in [4.78, 5) is 0. The van der Waals surface area contributed by atoms with Crippen molar-refractivity contribution in [3.8, 4) is 11.1 Å². The summed E-state index contributed by atoms with van der Waals surface area (Å²) in [5.74, 6) is 1.57. The summed E-state index contributed by atoms with van der Waals surface area (Å²) in [5.41, 5.74) is 9.01. The van der Waals surface area contributed by atoms with E-state index in [2.05, 4.69) is 54.6 Å². The summed E-state index contributed by atoms with van der Waals surface area (Å²) in [6.07, 6.45) is 25.1. The van der Waals surface area contributed by atoms with Gasteiger partial charge in [-0.25, -0.2) is 12.2 Å². The zero-order chi connectivity index (χ0) is 27.1. The van der Waals surface area contributed by atoms with Crippen LogP contribution < -0.4 is 0 Å². The monoisotopic (exact) mass is 619 g/mol. The van der Waals surface area contributed by atoms with Gasteiger partial charge in [0.15, 0.2) is 0 Å². The molecule has 0 bridgehead atoms. The number of hydrogen-bond acceptors (Lipinski definition) is 0. The van der Waals surface area contributed by atoms with Crippen LogP contribution in [0.3, 0.4) is 0 Å². The molecule has 0 nitrogen and oxygen atoms in total. The Bertz CT molecular complexity index is 1100. The summed E-state index contributed by atoms with van der Waals surface area (Å²) in [6, 6.07) is 28.5. The third kappa shape index (κ3) is 11.1. The zero-order valence-electron chi connectivity index (χ0n) is 24.5. The Hall–Kier alpha value is -1.70. The van der Waals surface area contributed by atoms with Crippen molar-refractivity contribution in [1.29, 1.82) is 0 Å². The average molecular weight is 621 g/mol. The van der Waals surface area contributed by atoms with E-state index >= 15 is 0 Å². The Morgan fingerprint density at radius 1 is 0.780 bits per heavy atom. The van der Waals surface area contributed by atoms with Crippen molar-refractivity contribution < 1.29 is 20.0 Å². The number of halogens is 2. The quantitative estimate of drug-likeness (QED) is 0.155. The van der Waals surface area contributed by atoms with Crippen molar-refractivity contribution in [2.75, 3.05) is 0 Å². The van der Waals surface area contributed by atoms with Crippen LogP contribution in [0.4, 0.5) is 0 Å². The predicted molar refractivity (Wildman–Crippen MR) is 178 cm³/mol. The Morgan fingerprint density at radius 2 is 1.41 bits per heavy atom. The maximum absolute atomic E-state index is 3.84. The molecule has 0 atom stereocenters. The third-order valence-corrected chi connectivity index (χ3v) is 8.15. The van der Waals surface area contributed by atoms with Crippen LogP contribution in [-0.2, 0) is 26.4 Å². The standard InChI is InChI=1S/C25H29.C6H5.C5H5.C2H4.2ClH.Ti/c1-3-7-18(8-4-1)20-11-13-24-22(15-20)17-23-16-21(12-14-25(23)24)19-9-5-2-6-10-19;1-2-4-6-5-3-1;1-2-4-5-3-1;1-2;;;/h11-15,18-19H,1-10,17H2;1-5H;1-3H,4H2;1H,2H3;2*1H;/q3*-1;;;;. The third-order valence-electron chi connectivity index (χ3n) is 8.15. The van der Waals surface area contributed by atoms with Crippen molar-refractivity contribution in [2.45, 2.75) is 95.8 Å². The fourth-order valence-electron chi connectivity index (χ4n) is 6.19. The molecule has 2 saturated carbocycles. The van der Waals surface area contributed by atoms with E-state index in [0.717, 1.165) is 24.7 Å². The maximum Gasteiger partial charge on any atom is -0.0162 e. The van der Waals surface area contributed by atoms with Gasteiger partial charge in [-0.2, -0.15) is 66.2 Å². The van der Waals surface area contributed by atoms with E-state index < -0.39 is 0 Å². The Kier molecular flexibility index (Phi) is 17.5. The largest absolute Gasteiger partial charge is 0.273 e. The van der Waals surface area contributed by atoms with E-state index in [0.29, 0.717) is 0 Å². The molecule has 41 heavy (non-hydrogen) atoms. The molecule has 7 rings (SSSR count). The minimum absolute atomic E-state index is 0. The number of benzene rings is 3. The molecule has 2 fully saturated rings. The molecule has 0 aromatic heterocycles. The van der Waals surface area contributed by atoms with E-state index in [4.69, 9.17) is 0 Å². The van der Waals surface area contributed by atoms with Gasteiger partial charge in [-0.05, 0) is 55.1 Å². The van der Waals surface area contributed by atoms with Crippen LogP contribution in [0.2, 0.25) is 0 Å². The molecule has 0 N–H and O–H groups in total. The van der Waals surface area contributed by atoms with E-state index in [-0.39, 0.29) is 24.8 Å². The SMILES string of the molecule is C[CH]=[Ti].Cl.Cl.[C-]1=CC=CC1.[c-]1c(C2CCCCC2)ccc2c1Cc1cc(C3CCCCC3)ccc1-2.[c-]1ccccc1. The molecule has 3 aromatic carbocycles. The fraction of sp³-hybridized carbons (Fsp3) is 0.395. The summed E-state index contributed by atoms with van der Waals surface area (Å²) in [5, 5.41) is 0. The molecule has 4 aliphatic rings. The average Bonchev–Trinajstić information content (AvgIpc) is 3.71. The van der Waals surface area contributed by atoms with Crippen LogP contribution in [0.25, 0.3) is 11.1 Å². The van der Waals surface area contributed by atoms with Gasteiger partial charge in [0.2, 0.25) is 0 Å². The van der Waals surface area contributed by atoms with E-state index in [1.54, 1.807) is 11.1 Å². The Balaban J connectivity index is 0.000000305. The predicted octanol–water partition coefficient (Wildman–Crippen LogP) is 11.1. The minimum atomic E-state index is 0. The molecule has 0 radical (unpaired) electrons. The van der Waals surface area contributed by atoms with Crippen LogP contribution in [0, 0.1) is 18.2 Å². The minimum Gasteiger partial charge on any atom is -0.273 e. The number of allylic oxidation sites excluding steroid dienone is 4. The topological polar surface area (TPSA) is 0 Å². The maximum atomic E-state index is 3.84. The molecule has 0 heterocycles. The molecule has 4 aliphatic carbocycles. The first kappa shape index (κ1) is 35.5. The normalized spacial score (nSPS) is 16.5. The Labute approximate surface area is 273 Å². The van der Waals surface area contributed by atoms with Crippen molar-refractivity contribution in [3.63, 3.8) is 0 Å². The zero-order valence-corrected chi connectivity index (χ0v) is 27.7. The number of rotatable bonds is 2. The smallest absolute Gasteiger partial charge is 0.0162 e. The molecule has 0 unspecified atom stereocenters. The van der Waals surface area contributed by atoms with Gasteiger partial charge >= 0.3 is 31.2 Å². The van der Waals surface area contributed by atoms with E-state index in [1.807, 2.05) is 73.7 Å². The van der Waals surface area contributed by atoms with Gasteiger partial charge in [-0.3, -0.25) is 6.08 Å². The summed E-state index contributed by atoms with van der Waals surface area (Å²) >= 11 is 2.00. The van der Waals surface area contributed by atoms with Crippen molar-refractivity contribution in [1.82, 2.24) is 0 Å². The first-order valence-corrected chi connectivity index (χ1v) is 16.0. The second-order valence-corrected chi connectivity index (χ2v) is 11.8. The van der Waals surface area contributed by atoms with Crippen LogP contribution >= 0.6 is 24.8 Å². The van der Waals surface area contributed by atoms with Crippen LogP contribution in [0.5, 0.6) is 0 Å². The fourth-order valence-corrected chi connectivity index (χ4v) is 6.19. The van der Waals surface area contributed by atoms with Crippen LogP contribution in [0.1, 0.15) is 112 Å². The summed E-state index contributed by atoms with van der Waals surface area (Å²) in [6.45, 7) is 2.00. The Morgan fingerprint density at radius 3 is 1.93 bits per heavy atom. The summed E-state index contributed by atoms with van der Waals surface area (Å²) in [7, 11) is 0.